The summed E-state index contributed by atoms with van der Waals surface area (Å²) in [6.07, 6.45) is 0.808. The van der Waals surface area contributed by atoms with E-state index < -0.39 is 10.0 Å². The highest BCUT2D eigenvalue weighted by atomic mass is 32.2. The van der Waals surface area contributed by atoms with Crippen LogP contribution in [0.5, 0.6) is 0 Å². The second-order valence-corrected chi connectivity index (χ2v) is 6.90. The average Bonchev–Trinajstić information content (AvgIpc) is 2.41. The quantitative estimate of drug-likeness (QED) is 0.841. The Hall–Kier alpha value is -0.910. The lowest BCUT2D eigenvalue weighted by atomic mass is 10.1. The van der Waals surface area contributed by atoms with E-state index in [1.807, 2.05) is 46.9 Å². The number of hydrogen-bond acceptors (Lipinski definition) is 3. The molecule has 1 rings (SSSR count). The van der Waals surface area contributed by atoms with Gasteiger partial charge in [-0.3, -0.25) is 0 Å². The molecule has 0 amide bonds. The lowest BCUT2D eigenvalue weighted by Crippen LogP contribution is -2.38. The molecule has 0 saturated carbocycles. The third kappa shape index (κ3) is 3.40. The minimum Gasteiger partial charge on any atom is -0.316 e. The summed E-state index contributed by atoms with van der Waals surface area (Å²) in [5.74, 6) is 0. The highest BCUT2D eigenvalue weighted by Crippen LogP contribution is 2.24. The number of nitrogens with one attached hydrogen (secondary N) is 1. The van der Waals surface area contributed by atoms with E-state index in [9.17, 15) is 8.42 Å². The average molecular weight is 298 g/mol. The summed E-state index contributed by atoms with van der Waals surface area (Å²) in [4.78, 5) is 0.424. The van der Waals surface area contributed by atoms with Gasteiger partial charge in [0.1, 0.15) is 0 Å². The third-order valence-corrected chi connectivity index (χ3v) is 5.98. The summed E-state index contributed by atoms with van der Waals surface area (Å²) in [5, 5.41) is 3.07. The highest BCUT2D eigenvalue weighted by Gasteiger charge is 2.28. The zero-order chi connectivity index (χ0) is 15.3. The molecule has 1 aromatic rings. The van der Waals surface area contributed by atoms with E-state index in [1.165, 1.54) is 0 Å². The second kappa shape index (κ2) is 7.20. The molecule has 0 radical (unpaired) electrons. The molecule has 20 heavy (non-hydrogen) atoms. The van der Waals surface area contributed by atoms with Crippen LogP contribution in [0.25, 0.3) is 0 Å². The summed E-state index contributed by atoms with van der Waals surface area (Å²) in [6, 6.07) is 5.49. The maximum atomic E-state index is 12.8. The van der Waals surface area contributed by atoms with Crippen LogP contribution >= 0.6 is 0 Å². The summed E-state index contributed by atoms with van der Waals surface area (Å²) in [7, 11) is -1.57. The summed E-state index contributed by atoms with van der Waals surface area (Å²) < 4.78 is 27.3. The predicted octanol–water partition coefficient (Wildman–Crippen LogP) is 2.52. The van der Waals surface area contributed by atoms with Crippen LogP contribution in [0.2, 0.25) is 0 Å². The number of sulfonamides is 1. The molecule has 0 aliphatic heterocycles. The lowest BCUT2D eigenvalue weighted by molar-refractivity contribution is 0.342. The van der Waals surface area contributed by atoms with E-state index in [2.05, 4.69) is 5.32 Å². The van der Waals surface area contributed by atoms with Crippen molar-refractivity contribution in [2.75, 3.05) is 13.6 Å². The molecule has 0 fully saturated rings. The molecule has 5 heteroatoms. The van der Waals surface area contributed by atoms with Crippen molar-refractivity contribution in [2.45, 2.75) is 51.6 Å². The van der Waals surface area contributed by atoms with Crippen molar-refractivity contribution < 1.29 is 8.42 Å². The largest absolute Gasteiger partial charge is 0.316 e. The summed E-state index contributed by atoms with van der Waals surface area (Å²) >= 11 is 0. The number of benzene rings is 1. The van der Waals surface area contributed by atoms with Gasteiger partial charge in [0.15, 0.2) is 0 Å². The molecule has 0 bridgehead atoms. The van der Waals surface area contributed by atoms with Crippen molar-refractivity contribution in [1.82, 2.24) is 9.62 Å². The Morgan fingerprint density at radius 1 is 1.30 bits per heavy atom. The first-order valence-electron chi connectivity index (χ1n) is 7.15. The fourth-order valence-electron chi connectivity index (χ4n) is 2.37. The van der Waals surface area contributed by atoms with Crippen LogP contribution < -0.4 is 5.32 Å². The normalized spacial score (nSPS) is 13.7. The van der Waals surface area contributed by atoms with Gasteiger partial charge in [-0.15, -0.1) is 0 Å². The van der Waals surface area contributed by atoms with Crippen LogP contribution in [0.15, 0.2) is 23.1 Å². The third-order valence-electron chi connectivity index (χ3n) is 3.74. The molecule has 0 aliphatic carbocycles. The van der Waals surface area contributed by atoms with E-state index in [4.69, 9.17) is 0 Å². The van der Waals surface area contributed by atoms with Crippen LogP contribution in [0.3, 0.4) is 0 Å². The van der Waals surface area contributed by atoms with Gasteiger partial charge in [-0.05, 0) is 44.5 Å². The molecule has 1 unspecified atom stereocenters. The Bertz CT molecular complexity index is 541. The fourth-order valence-corrected chi connectivity index (χ4v) is 4.35. The van der Waals surface area contributed by atoms with Gasteiger partial charge in [0, 0.05) is 19.1 Å². The maximum absolute atomic E-state index is 12.8. The smallest absolute Gasteiger partial charge is 0.243 e. The molecular weight excluding hydrogens is 272 g/mol. The van der Waals surface area contributed by atoms with Gasteiger partial charge in [-0.1, -0.05) is 26.0 Å². The van der Waals surface area contributed by atoms with E-state index in [-0.39, 0.29) is 6.04 Å². The molecule has 0 heterocycles. The molecule has 1 atom stereocenters. The van der Waals surface area contributed by atoms with Crippen LogP contribution in [-0.2, 0) is 16.6 Å². The van der Waals surface area contributed by atoms with Gasteiger partial charge in [0.05, 0.1) is 4.90 Å². The number of nitrogens with zero attached hydrogens (tertiary/aromatic N) is 1. The zero-order valence-electron chi connectivity index (χ0n) is 13.1. The molecule has 0 spiro atoms. The van der Waals surface area contributed by atoms with Crippen molar-refractivity contribution in [3.05, 3.63) is 29.3 Å². The molecular formula is C15H26N2O2S. The minimum absolute atomic E-state index is 0.0114. The molecule has 4 nitrogen and oxygen atoms in total. The Morgan fingerprint density at radius 2 is 1.95 bits per heavy atom. The van der Waals surface area contributed by atoms with Gasteiger partial charge in [-0.2, -0.15) is 4.31 Å². The highest BCUT2D eigenvalue weighted by molar-refractivity contribution is 7.89. The molecule has 0 aromatic heterocycles. The Balaban J connectivity index is 3.31. The summed E-state index contributed by atoms with van der Waals surface area (Å²) in [6.45, 7) is 8.89. The topological polar surface area (TPSA) is 49.4 Å². The van der Waals surface area contributed by atoms with Crippen LogP contribution in [0, 0.1) is 6.92 Å². The van der Waals surface area contributed by atoms with Crippen molar-refractivity contribution in [2.24, 2.45) is 0 Å². The van der Waals surface area contributed by atoms with Crippen LogP contribution in [0.1, 0.15) is 38.3 Å². The van der Waals surface area contributed by atoms with E-state index in [0.29, 0.717) is 18.0 Å². The van der Waals surface area contributed by atoms with Crippen LogP contribution in [-0.4, -0.2) is 32.4 Å². The van der Waals surface area contributed by atoms with Crippen molar-refractivity contribution in [1.29, 1.82) is 0 Å². The monoisotopic (exact) mass is 298 g/mol. The number of hydrogen-bond donors (Lipinski definition) is 1. The minimum atomic E-state index is -3.43. The first-order chi connectivity index (χ1) is 9.39. The Morgan fingerprint density at radius 3 is 2.45 bits per heavy atom. The first-order valence-corrected chi connectivity index (χ1v) is 8.59. The second-order valence-electron chi connectivity index (χ2n) is 5.04. The zero-order valence-corrected chi connectivity index (χ0v) is 13.9. The molecule has 0 aliphatic rings. The predicted molar refractivity (Wildman–Crippen MR) is 83.3 cm³/mol. The Kier molecular flexibility index (Phi) is 6.17. The van der Waals surface area contributed by atoms with Gasteiger partial charge in [-0.25, -0.2) is 8.42 Å². The standard InChI is InChI=1S/C15H26N2O2S/c1-6-12(3)17(7-2)20(18,19)15-10-8-9-14(11-16-5)13(15)4/h8-10,12,16H,6-7,11H2,1-5H3. The lowest BCUT2D eigenvalue weighted by Gasteiger charge is -2.27. The molecule has 1 aromatic carbocycles. The van der Waals surface area contributed by atoms with E-state index in [1.54, 1.807) is 10.4 Å². The van der Waals surface area contributed by atoms with Gasteiger partial charge >= 0.3 is 0 Å². The Labute approximate surface area is 123 Å². The fraction of sp³-hybridized carbons (Fsp3) is 0.600. The molecule has 1 N–H and O–H groups in total. The van der Waals surface area contributed by atoms with Crippen LogP contribution in [0.4, 0.5) is 0 Å². The van der Waals surface area contributed by atoms with Crippen molar-refractivity contribution in [3.8, 4) is 0 Å². The van der Waals surface area contributed by atoms with Crippen molar-refractivity contribution in [3.63, 3.8) is 0 Å². The van der Waals surface area contributed by atoms with E-state index >= 15 is 0 Å². The number of rotatable bonds is 7. The molecule has 114 valence electrons. The van der Waals surface area contributed by atoms with Gasteiger partial charge in [0.2, 0.25) is 10.0 Å². The molecule has 0 saturated heterocycles. The first kappa shape index (κ1) is 17.1. The van der Waals surface area contributed by atoms with Gasteiger partial charge < -0.3 is 5.32 Å². The SMILES string of the molecule is CCC(C)N(CC)S(=O)(=O)c1cccc(CNC)c1C. The maximum Gasteiger partial charge on any atom is 0.243 e. The van der Waals surface area contributed by atoms with Gasteiger partial charge in [0.25, 0.3) is 0 Å². The van der Waals surface area contributed by atoms with E-state index in [0.717, 1.165) is 17.5 Å². The van der Waals surface area contributed by atoms with Crippen molar-refractivity contribution >= 4 is 10.0 Å². The summed E-state index contributed by atoms with van der Waals surface area (Å²) in [5.41, 5.74) is 1.86.